The van der Waals surface area contributed by atoms with Crippen LogP contribution >= 0.6 is 0 Å². The first kappa shape index (κ1) is 12.0. The number of nitrogens with one attached hydrogen (secondary N) is 1. The van der Waals surface area contributed by atoms with Gasteiger partial charge in [-0.1, -0.05) is 0 Å². The highest BCUT2D eigenvalue weighted by Gasteiger charge is 2.14. The lowest BCUT2D eigenvalue weighted by Gasteiger charge is -2.12. The minimum Gasteiger partial charge on any atom is -0.490 e. The molecule has 0 bridgehead atoms. The van der Waals surface area contributed by atoms with Crippen LogP contribution in [0.3, 0.4) is 0 Å². The smallest absolute Gasteiger partial charge is 0.248 e. The summed E-state index contributed by atoms with van der Waals surface area (Å²) in [7, 11) is 1.41. The molecule has 0 saturated carbocycles. The van der Waals surface area contributed by atoms with Gasteiger partial charge < -0.3 is 26.6 Å². The molecule has 0 fully saturated rings. The third kappa shape index (κ3) is 2.70. The third-order valence-corrected chi connectivity index (χ3v) is 1.83. The van der Waals surface area contributed by atoms with E-state index in [0.29, 0.717) is 0 Å². The summed E-state index contributed by atoms with van der Waals surface area (Å²) in [6, 6.07) is 0. The number of rotatable bonds is 5. The van der Waals surface area contributed by atoms with E-state index >= 15 is 0 Å². The van der Waals surface area contributed by atoms with E-state index in [9.17, 15) is 4.79 Å². The normalized spacial score (nSPS) is 11.9. The van der Waals surface area contributed by atoms with Crippen molar-refractivity contribution in [3.05, 3.63) is 6.33 Å². The Morgan fingerprint density at radius 1 is 1.69 bits per heavy atom. The molecule has 0 saturated heterocycles. The zero-order chi connectivity index (χ0) is 12.1. The maximum atomic E-state index is 10.6. The summed E-state index contributed by atoms with van der Waals surface area (Å²) in [6.45, 7) is -0.0812. The maximum Gasteiger partial charge on any atom is 0.248 e. The van der Waals surface area contributed by atoms with Crippen LogP contribution < -0.4 is 21.5 Å². The lowest BCUT2D eigenvalue weighted by molar-refractivity contribution is -0.125. The number of carbonyl (C=O) groups is 1. The van der Waals surface area contributed by atoms with Crippen molar-refractivity contribution in [2.24, 2.45) is 5.73 Å². The van der Waals surface area contributed by atoms with E-state index in [1.54, 1.807) is 0 Å². The number of hydrogen-bond donors (Lipinski definition) is 4. The van der Waals surface area contributed by atoms with Gasteiger partial charge in [0.05, 0.1) is 13.7 Å². The van der Waals surface area contributed by atoms with Crippen LogP contribution in [-0.2, 0) is 4.79 Å². The Morgan fingerprint density at radius 2 is 2.38 bits per heavy atom. The van der Waals surface area contributed by atoms with Crippen molar-refractivity contribution in [1.82, 2.24) is 9.97 Å². The summed E-state index contributed by atoms with van der Waals surface area (Å²) in [5.41, 5.74) is 10.4. The van der Waals surface area contributed by atoms with Crippen LogP contribution in [-0.4, -0.2) is 40.7 Å². The van der Waals surface area contributed by atoms with Crippen molar-refractivity contribution in [1.29, 1.82) is 0 Å². The lowest BCUT2D eigenvalue weighted by atomic mass is 10.3. The van der Waals surface area contributed by atoms with Gasteiger partial charge in [-0.05, 0) is 0 Å². The second-order valence-corrected chi connectivity index (χ2v) is 2.94. The second-order valence-electron chi connectivity index (χ2n) is 2.94. The van der Waals surface area contributed by atoms with Crippen LogP contribution in [0.1, 0.15) is 0 Å². The number of methoxy groups -OCH3 is 1. The van der Waals surface area contributed by atoms with Crippen LogP contribution in [0.15, 0.2) is 6.33 Å². The topological polar surface area (TPSA) is 136 Å². The summed E-state index contributed by atoms with van der Waals surface area (Å²) < 4.78 is 4.96. The standard InChI is InChI=1S/C8H13N5O3/c1-16-5-6(9)12-3-13-8(5)11-2-4(14)7(10)15/h3-4,14H,2H2,1H3,(H2,10,15)(H3,9,11,12,13). The van der Waals surface area contributed by atoms with Crippen molar-refractivity contribution in [2.45, 2.75) is 6.10 Å². The molecule has 0 aliphatic carbocycles. The van der Waals surface area contributed by atoms with E-state index in [2.05, 4.69) is 15.3 Å². The summed E-state index contributed by atoms with van der Waals surface area (Å²) in [5, 5.41) is 11.8. The fourth-order valence-corrected chi connectivity index (χ4v) is 1.01. The fourth-order valence-electron chi connectivity index (χ4n) is 1.01. The Morgan fingerprint density at radius 3 is 2.94 bits per heavy atom. The number of nitrogens with zero attached hydrogens (tertiary/aromatic N) is 2. The number of nitrogen functional groups attached to an aromatic ring is 1. The third-order valence-electron chi connectivity index (χ3n) is 1.83. The first-order valence-electron chi connectivity index (χ1n) is 4.42. The van der Waals surface area contributed by atoms with Gasteiger partial charge in [0.15, 0.2) is 11.6 Å². The fraction of sp³-hybridized carbons (Fsp3) is 0.375. The molecule has 1 heterocycles. The van der Waals surface area contributed by atoms with Crippen molar-refractivity contribution in [3.63, 3.8) is 0 Å². The highest BCUT2D eigenvalue weighted by atomic mass is 16.5. The van der Waals surface area contributed by atoms with Gasteiger partial charge in [0.2, 0.25) is 11.7 Å². The Bertz CT molecular complexity index is 384. The maximum absolute atomic E-state index is 10.6. The molecule has 0 aliphatic rings. The molecule has 0 spiro atoms. The molecule has 8 heteroatoms. The number of aliphatic hydroxyl groups excluding tert-OH is 1. The predicted molar refractivity (Wildman–Crippen MR) is 56.7 cm³/mol. The number of ether oxygens (including phenoxy) is 1. The molecular weight excluding hydrogens is 214 g/mol. The van der Waals surface area contributed by atoms with Crippen molar-refractivity contribution in [2.75, 3.05) is 24.7 Å². The Hall–Kier alpha value is -2.09. The highest BCUT2D eigenvalue weighted by Crippen LogP contribution is 2.25. The van der Waals surface area contributed by atoms with Gasteiger partial charge in [-0.25, -0.2) is 9.97 Å². The molecule has 6 N–H and O–H groups in total. The molecular formula is C8H13N5O3. The summed E-state index contributed by atoms with van der Waals surface area (Å²) in [6.07, 6.45) is -0.0718. The minimum absolute atomic E-state index is 0.0812. The predicted octanol–water partition coefficient (Wildman–Crippen LogP) is -1.67. The average molecular weight is 227 g/mol. The van der Waals surface area contributed by atoms with E-state index in [1.165, 1.54) is 13.4 Å². The second kappa shape index (κ2) is 5.12. The number of primary amides is 1. The zero-order valence-corrected chi connectivity index (χ0v) is 8.67. The number of aromatic nitrogens is 2. The lowest BCUT2D eigenvalue weighted by Crippen LogP contribution is -2.34. The van der Waals surface area contributed by atoms with Gasteiger partial charge >= 0.3 is 0 Å². The number of anilines is 2. The molecule has 0 aromatic carbocycles. The zero-order valence-electron chi connectivity index (χ0n) is 8.67. The van der Waals surface area contributed by atoms with Gasteiger partial charge in [0.1, 0.15) is 12.4 Å². The molecule has 1 rings (SSSR count). The van der Waals surface area contributed by atoms with Crippen LogP contribution in [0, 0.1) is 0 Å². The molecule has 0 radical (unpaired) electrons. The van der Waals surface area contributed by atoms with E-state index in [1.807, 2.05) is 0 Å². The first-order chi connectivity index (χ1) is 7.56. The number of aliphatic hydroxyl groups is 1. The van der Waals surface area contributed by atoms with E-state index in [-0.39, 0.29) is 23.9 Å². The van der Waals surface area contributed by atoms with Crippen LogP contribution in [0.25, 0.3) is 0 Å². The molecule has 8 nitrogen and oxygen atoms in total. The minimum atomic E-state index is -1.30. The van der Waals surface area contributed by atoms with E-state index < -0.39 is 12.0 Å². The Labute approximate surface area is 91.6 Å². The van der Waals surface area contributed by atoms with Gasteiger partial charge in [-0.15, -0.1) is 0 Å². The first-order valence-corrected chi connectivity index (χ1v) is 4.42. The Kier molecular flexibility index (Phi) is 3.84. The molecule has 88 valence electrons. The summed E-state index contributed by atoms with van der Waals surface area (Å²) >= 11 is 0. The van der Waals surface area contributed by atoms with Gasteiger partial charge in [0, 0.05) is 0 Å². The van der Waals surface area contributed by atoms with E-state index in [4.69, 9.17) is 21.3 Å². The quantitative estimate of drug-likeness (QED) is 0.471. The van der Waals surface area contributed by atoms with E-state index in [0.717, 1.165) is 0 Å². The largest absolute Gasteiger partial charge is 0.490 e. The molecule has 16 heavy (non-hydrogen) atoms. The van der Waals surface area contributed by atoms with Crippen molar-refractivity contribution in [3.8, 4) is 5.75 Å². The molecule has 0 aliphatic heterocycles. The summed E-state index contributed by atoms with van der Waals surface area (Å²) in [4.78, 5) is 18.2. The molecule has 1 atom stereocenters. The number of carbonyl (C=O) groups excluding carboxylic acids is 1. The van der Waals surface area contributed by atoms with Gasteiger partial charge in [-0.3, -0.25) is 4.79 Å². The van der Waals surface area contributed by atoms with Crippen molar-refractivity contribution >= 4 is 17.5 Å². The van der Waals surface area contributed by atoms with Crippen LogP contribution in [0.4, 0.5) is 11.6 Å². The Balaban J connectivity index is 2.74. The average Bonchev–Trinajstić information content (AvgIpc) is 2.25. The monoisotopic (exact) mass is 227 g/mol. The molecule has 1 aromatic heterocycles. The molecule has 1 amide bonds. The van der Waals surface area contributed by atoms with Gasteiger partial charge in [-0.2, -0.15) is 0 Å². The number of nitrogens with two attached hydrogens (primary N) is 2. The van der Waals surface area contributed by atoms with Crippen LogP contribution in [0.5, 0.6) is 5.75 Å². The SMILES string of the molecule is COc1c(N)ncnc1NCC(O)C(N)=O. The number of hydrogen-bond acceptors (Lipinski definition) is 7. The highest BCUT2D eigenvalue weighted by molar-refractivity contribution is 5.79. The molecule has 1 unspecified atom stereocenters. The number of amides is 1. The molecule has 1 aromatic rings. The van der Waals surface area contributed by atoms with Crippen LogP contribution in [0.2, 0.25) is 0 Å². The van der Waals surface area contributed by atoms with Crippen molar-refractivity contribution < 1.29 is 14.6 Å². The van der Waals surface area contributed by atoms with Gasteiger partial charge in [0.25, 0.3) is 0 Å². The summed E-state index contributed by atoms with van der Waals surface area (Å²) in [5.74, 6) is -0.128.